The quantitative estimate of drug-likeness (QED) is 0.589. The number of hydrogen-bond donors (Lipinski definition) is 3. The third-order valence-electron chi connectivity index (χ3n) is 2.46. The highest BCUT2D eigenvalue weighted by molar-refractivity contribution is 7.18. The van der Waals surface area contributed by atoms with Gasteiger partial charge in [-0.25, -0.2) is 9.78 Å². The fourth-order valence-electron chi connectivity index (χ4n) is 1.56. The number of rotatable bonds is 4. The van der Waals surface area contributed by atoms with Crippen LogP contribution in [0.25, 0.3) is 0 Å². The Morgan fingerprint density at radius 2 is 2.15 bits per heavy atom. The van der Waals surface area contributed by atoms with Gasteiger partial charge >= 0.3 is 11.8 Å². The summed E-state index contributed by atoms with van der Waals surface area (Å²) in [5, 5.41) is 22.3. The van der Waals surface area contributed by atoms with Crippen LogP contribution in [0.15, 0.2) is 18.2 Å². The van der Waals surface area contributed by atoms with E-state index in [0.29, 0.717) is 10.6 Å². The molecule has 0 saturated carbocycles. The second-order valence-electron chi connectivity index (χ2n) is 3.90. The zero-order valence-corrected chi connectivity index (χ0v) is 11.0. The molecule has 2 aromatic rings. The molecule has 2 rings (SSSR count). The molecule has 1 amide bonds. The van der Waals surface area contributed by atoms with Crippen LogP contribution in [0.1, 0.15) is 25.7 Å². The van der Waals surface area contributed by atoms with Gasteiger partial charge in [0.25, 0.3) is 5.91 Å². The Morgan fingerprint density at radius 3 is 2.65 bits per heavy atom. The molecule has 2 aromatic heterocycles. The fraction of sp³-hybridized carbons (Fsp3) is 0.0909. The summed E-state index contributed by atoms with van der Waals surface area (Å²) in [6.45, 7) is 1.62. The highest BCUT2D eigenvalue weighted by Gasteiger charge is 2.18. The molecule has 2 heterocycles. The largest absolute Gasteiger partial charge is 0.477 e. The van der Waals surface area contributed by atoms with Crippen molar-refractivity contribution in [1.82, 2.24) is 4.98 Å². The lowest BCUT2D eigenvalue weighted by molar-refractivity contribution is -0.389. The number of aryl methyl sites for hydroxylation is 1. The van der Waals surface area contributed by atoms with Crippen LogP contribution in [0, 0.1) is 17.0 Å². The molecule has 0 aliphatic carbocycles. The highest BCUT2D eigenvalue weighted by Crippen LogP contribution is 2.27. The van der Waals surface area contributed by atoms with Crippen LogP contribution in [0.2, 0.25) is 0 Å². The van der Waals surface area contributed by atoms with Crippen LogP contribution in [0.3, 0.4) is 0 Å². The molecule has 0 fully saturated rings. The van der Waals surface area contributed by atoms with Crippen molar-refractivity contribution in [3.8, 4) is 0 Å². The minimum Gasteiger partial charge on any atom is -0.477 e. The lowest BCUT2D eigenvalue weighted by Crippen LogP contribution is -2.11. The number of aromatic carboxylic acids is 1. The molecule has 104 valence electrons. The standard InChI is InChI=1S/C11H9N3O5S/c1-5-4-8(20-9(5)11(16)17)13-10(15)6-2-3-7(12-6)14(18)19/h2-4,12H,1H3,(H,13,15)(H,16,17). The average molecular weight is 295 g/mol. The second-order valence-corrected chi connectivity index (χ2v) is 4.95. The van der Waals surface area contributed by atoms with E-state index in [-0.39, 0.29) is 16.4 Å². The average Bonchev–Trinajstić information content (AvgIpc) is 2.95. The van der Waals surface area contributed by atoms with Gasteiger partial charge in [-0.2, -0.15) is 0 Å². The van der Waals surface area contributed by atoms with Gasteiger partial charge in [0.05, 0.1) is 5.00 Å². The number of hydrogen-bond acceptors (Lipinski definition) is 5. The van der Waals surface area contributed by atoms with Gasteiger partial charge in [-0.05, 0) is 29.5 Å². The second kappa shape index (κ2) is 5.13. The highest BCUT2D eigenvalue weighted by atomic mass is 32.1. The van der Waals surface area contributed by atoms with E-state index < -0.39 is 16.8 Å². The number of nitrogens with one attached hydrogen (secondary N) is 2. The van der Waals surface area contributed by atoms with E-state index in [1.54, 1.807) is 6.92 Å². The summed E-state index contributed by atoms with van der Waals surface area (Å²) < 4.78 is 0. The summed E-state index contributed by atoms with van der Waals surface area (Å²) in [4.78, 5) is 35.1. The number of carboxylic acids is 1. The number of H-pyrrole nitrogens is 1. The number of anilines is 1. The molecule has 20 heavy (non-hydrogen) atoms. The molecule has 0 aliphatic heterocycles. The van der Waals surface area contributed by atoms with E-state index in [4.69, 9.17) is 5.11 Å². The topological polar surface area (TPSA) is 125 Å². The zero-order chi connectivity index (χ0) is 14.9. The molecule has 0 spiro atoms. The number of aromatic amines is 1. The number of nitrogens with zero attached hydrogens (tertiary/aromatic N) is 1. The van der Waals surface area contributed by atoms with Crippen molar-refractivity contribution in [2.24, 2.45) is 0 Å². The van der Waals surface area contributed by atoms with Crippen molar-refractivity contribution < 1.29 is 19.6 Å². The van der Waals surface area contributed by atoms with Crippen molar-refractivity contribution >= 4 is 34.0 Å². The number of aromatic nitrogens is 1. The molecule has 0 saturated heterocycles. The van der Waals surface area contributed by atoms with Gasteiger partial charge in [0.15, 0.2) is 5.69 Å². The lowest BCUT2D eigenvalue weighted by atomic mass is 10.3. The van der Waals surface area contributed by atoms with Crippen molar-refractivity contribution in [3.05, 3.63) is 44.4 Å². The van der Waals surface area contributed by atoms with Gasteiger partial charge < -0.3 is 20.5 Å². The first-order chi connectivity index (χ1) is 9.38. The molecular weight excluding hydrogens is 286 g/mol. The number of carbonyl (C=O) groups excluding carboxylic acids is 1. The number of thiophene rings is 1. The van der Waals surface area contributed by atoms with Crippen molar-refractivity contribution in [1.29, 1.82) is 0 Å². The summed E-state index contributed by atoms with van der Waals surface area (Å²) in [6, 6.07) is 3.99. The molecule has 0 unspecified atom stereocenters. The monoisotopic (exact) mass is 295 g/mol. The molecule has 8 nitrogen and oxygen atoms in total. The molecule has 0 atom stereocenters. The van der Waals surface area contributed by atoms with Gasteiger partial charge in [-0.3, -0.25) is 4.79 Å². The van der Waals surface area contributed by atoms with Crippen molar-refractivity contribution in [2.45, 2.75) is 6.92 Å². The van der Waals surface area contributed by atoms with Crippen LogP contribution in [0.5, 0.6) is 0 Å². The summed E-state index contributed by atoms with van der Waals surface area (Å²) in [6.07, 6.45) is 0. The summed E-state index contributed by atoms with van der Waals surface area (Å²) >= 11 is 0.924. The molecule has 9 heteroatoms. The minimum absolute atomic E-state index is 0.0274. The first-order valence-electron chi connectivity index (χ1n) is 5.37. The van der Waals surface area contributed by atoms with Crippen molar-refractivity contribution in [3.63, 3.8) is 0 Å². The minimum atomic E-state index is -1.07. The van der Waals surface area contributed by atoms with Gasteiger partial charge in [0.1, 0.15) is 4.88 Å². The Kier molecular flexibility index (Phi) is 3.53. The molecule has 0 radical (unpaired) electrons. The SMILES string of the molecule is Cc1cc(NC(=O)c2ccc([N+](=O)[O-])[nH]2)sc1C(=O)O. The third-order valence-corrected chi connectivity index (χ3v) is 3.60. The van der Waals surface area contributed by atoms with Crippen LogP contribution in [-0.2, 0) is 0 Å². The predicted octanol–water partition coefficient (Wildman–Crippen LogP) is 2.24. The van der Waals surface area contributed by atoms with Crippen LogP contribution in [0.4, 0.5) is 10.8 Å². The lowest BCUT2D eigenvalue weighted by Gasteiger charge is -1.97. The molecule has 0 bridgehead atoms. The molecule has 3 N–H and O–H groups in total. The van der Waals surface area contributed by atoms with E-state index in [1.807, 2.05) is 0 Å². The smallest absolute Gasteiger partial charge is 0.346 e. The first-order valence-corrected chi connectivity index (χ1v) is 6.18. The van der Waals surface area contributed by atoms with Crippen LogP contribution < -0.4 is 5.32 Å². The van der Waals surface area contributed by atoms with Gasteiger partial charge in [-0.15, -0.1) is 11.3 Å². The Bertz CT molecular complexity index is 703. The van der Waals surface area contributed by atoms with E-state index in [2.05, 4.69) is 10.3 Å². The van der Waals surface area contributed by atoms with Gasteiger partial charge in [-0.1, -0.05) is 0 Å². The predicted molar refractivity (Wildman–Crippen MR) is 71.4 cm³/mol. The van der Waals surface area contributed by atoms with Crippen LogP contribution in [-0.4, -0.2) is 26.9 Å². The number of amides is 1. The third kappa shape index (κ3) is 2.67. The Labute approximate surface area is 116 Å². The molecular formula is C11H9N3O5S. The zero-order valence-electron chi connectivity index (χ0n) is 10.2. The maximum Gasteiger partial charge on any atom is 0.346 e. The van der Waals surface area contributed by atoms with E-state index in [1.165, 1.54) is 18.2 Å². The number of nitro groups is 1. The van der Waals surface area contributed by atoms with Crippen LogP contribution >= 0.6 is 11.3 Å². The van der Waals surface area contributed by atoms with Gasteiger partial charge in [0.2, 0.25) is 0 Å². The van der Waals surface area contributed by atoms with E-state index in [0.717, 1.165) is 11.3 Å². The molecule has 0 aliphatic rings. The van der Waals surface area contributed by atoms with Crippen molar-refractivity contribution in [2.75, 3.05) is 5.32 Å². The maximum atomic E-state index is 11.8. The molecule has 0 aromatic carbocycles. The summed E-state index contributed by atoms with van der Waals surface area (Å²) in [5.74, 6) is -1.93. The number of carboxylic acid groups (broad SMARTS) is 1. The normalized spacial score (nSPS) is 10.2. The first kappa shape index (κ1) is 13.7. The maximum absolute atomic E-state index is 11.8. The fourth-order valence-corrected chi connectivity index (χ4v) is 2.46. The Hall–Kier alpha value is -2.68. The van der Waals surface area contributed by atoms with E-state index in [9.17, 15) is 19.7 Å². The summed E-state index contributed by atoms with van der Waals surface area (Å²) in [5.41, 5.74) is 0.565. The summed E-state index contributed by atoms with van der Waals surface area (Å²) in [7, 11) is 0. The Morgan fingerprint density at radius 1 is 1.45 bits per heavy atom. The number of carbonyl (C=O) groups is 2. The van der Waals surface area contributed by atoms with E-state index >= 15 is 0 Å². The van der Waals surface area contributed by atoms with Gasteiger partial charge in [0, 0.05) is 6.07 Å². The Balaban J connectivity index is 2.16.